The van der Waals surface area contributed by atoms with Crippen LogP contribution in [0.2, 0.25) is 0 Å². The molecule has 1 aliphatic carbocycles. The van der Waals surface area contributed by atoms with Gasteiger partial charge in [0.25, 0.3) is 0 Å². The summed E-state index contributed by atoms with van der Waals surface area (Å²) in [7, 11) is 2.01. The van der Waals surface area contributed by atoms with Gasteiger partial charge < -0.3 is 5.32 Å². The lowest BCUT2D eigenvalue weighted by Gasteiger charge is -2.12. The van der Waals surface area contributed by atoms with Gasteiger partial charge >= 0.3 is 0 Å². The Bertz CT molecular complexity index is 570. The van der Waals surface area contributed by atoms with Gasteiger partial charge in [-0.25, -0.2) is 4.98 Å². The molecule has 1 saturated carbocycles. The molecule has 3 rings (SSSR count). The van der Waals surface area contributed by atoms with Crippen LogP contribution in [0.25, 0.3) is 0 Å². The lowest BCUT2D eigenvalue weighted by molar-refractivity contribution is 0.658. The summed E-state index contributed by atoms with van der Waals surface area (Å²) in [6, 6.07) is 11.2. The SMILES string of the molecule is CNC(C)c1sc(C2(c3ccccc3)CC2)nc1C. The van der Waals surface area contributed by atoms with Crippen LogP contribution >= 0.6 is 11.3 Å². The zero-order valence-electron chi connectivity index (χ0n) is 11.7. The molecule has 2 aromatic rings. The van der Waals surface area contributed by atoms with Crippen molar-refractivity contribution in [1.29, 1.82) is 0 Å². The molecule has 3 heteroatoms. The van der Waals surface area contributed by atoms with Crippen LogP contribution in [0, 0.1) is 6.92 Å². The Labute approximate surface area is 118 Å². The third-order valence-corrected chi connectivity index (χ3v) is 5.69. The maximum atomic E-state index is 4.87. The van der Waals surface area contributed by atoms with Crippen molar-refractivity contribution < 1.29 is 0 Å². The molecule has 1 N–H and O–H groups in total. The Balaban J connectivity index is 1.99. The van der Waals surface area contributed by atoms with Gasteiger partial charge in [0.15, 0.2) is 0 Å². The molecule has 1 atom stereocenters. The van der Waals surface area contributed by atoms with Crippen molar-refractivity contribution in [2.75, 3.05) is 7.05 Å². The number of benzene rings is 1. The topological polar surface area (TPSA) is 24.9 Å². The van der Waals surface area contributed by atoms with Gasteiger partial charge in [-0.2, -0.15) is 0 Å². The van der Waals surface area contributed by atoms with Gasteiger partial charge in [-0.3, -0.25) is 0 Å². The molecule has 1 aromatic heterocycles. The van der Waals surface area contributed by atoms with Crippen LogP contribution in [0.15, 0.2) is 30.3 Å². The fourth-order valence-electron chi connectivity index (χ4n) is 2.65. The van der Waals surface area contributed by atoms with Gasteiger partial charge in [0.2, 0.25) is 0 Å². The summed E-state index contributed by atoms with van der Waals surface area (Å²) in [6.45, 7) is 4.33. The fraction of sp³-hybridized carbons (Fsp3) is 0.438. The molecular weight excluding hydrogens is 252 g/mol. The Morgan fingerprint density at radius 1 is 1.26 bits per heavy atom. The van der Waals surface area contributed by atoms with Crippen LogP contribution in [0.5, 0.6) is 0 Å². The number of hydrogen-bond donors (Lipinski definition) is 1. The summed E-state index contributed by atoms with van der Waals surface area (Å²) in [5.74, 6) is 0. The summed E-state index contributed by atoms with van der Waals surface area (Å²) in [5, 5.41) is 4.62. The Morgan fingerprint density at radius 2 is 1.95 bits per heavy atom. The number of hydrogen-bond acceptors (Lipinski definition) is 3. The molecule has 1 aromatic carbocycles. The van der Waals surface area contributed by atoms with Gasteiger partial charge in [-0.05, 0) is 39.3 Å². The molecule has 0 amide bonds. The molecule has 0 spiro atoms. The van der Waals surface area contributed by atoms with Crippen molar-refractivity contribution >= 4 is 11.3 Å². The first-order valence-electron chi connectivity index (χ1n) is 6.88. The number of aryl methyl sites for hydroxylation is 1. The highest BCUT2D eigenvalue weighted by atomic mass is 32.1. The predicted octanol–water partition coefficient (Wildman–Crippen LogP) is 3.81. The van der Waals surface area contributed by atoms with Crippen molar-refractivity contribution in [2.45, 2.75) is 38.1 Å². The monoisotopic (exact) mass is 272 g/mol. The van der Waals surface area contributed by atoms with E-state index in [4.69, 9.17) is 4.98 Å². The molecule has 1 aliphatic rings. The Kier molecular flexibility index (Phi) is 3.19. The largest absolute Gasteiger partial charge is 0.312 e. The minimum Gasteiger partial charge on any atom is -0.312 e. The molecule has 1 fully saturated rings. The maximum Gasteiger partial charge on any atom is 0.104 e. The minimum absolute atomic E-state index is 0.211. The van der Waals surface area contributed by atoms with E-state index in [9.17, 15) is 0 Å². The summed E-state index contributed by atoms with van der Waals surface area (Å²) < 4.78 is 0. The van der Waals surface area contributed by atoms with E-state index in [0.29, 0.717) is 6.04 Å². The zero-order valence-corrected chi connectivity index (χ0v) is 12.6. The second-order valence-electron chi connectivity index (χ2n) is 5.43. The van der Waals surface area contributed by atoms with E-state index in [1.54, 1.807) is 0 Å². The number of aromatic nitrogens is 1. The molecule has 19 heavy (non-hydrogen) atoms. The Morgan fingerprint density at radius 3 is 2.53 bits per heavy atom. The summed E-state index contributed by atoms with van der Waals surface area (Å²) in [6.07, 6.45) is 2.47. The highest BCUT2D eigenvalue weighted by Crippen LogP contribution is 2.55. The van der Waals surface area contributed by atoms with Gasteiger partial charge in [-0.15, -0.1) is 11.3 Å². The molecule has 2 nitrogen and oxygen atoms in total. The molecule has 0 bridgehead atoms. The van der Waals surface area contributed by atoms with Gasteiger partial charge in [0.1, 0.15) is 5.01 Å². The average Bonchev–Trinajstić information content (AvgIpc) is 3.17. The summed E-state index contributed by atoms with van der Waals surface area (Å²) >= 11 is 1.88. The average molecular weight is 272 g/mol. The van der Waals surface area contributed by atoms with E-state index < -0.39 is 0 Å². The third-order valence-electron chi connectivity index (χ3n) is 4.14. The van der Waals surface area contributed by atoms with Crippen molar-refractivity contribution in [1.82, 2.24) is 10.3 Å². The van der Waals surface area contributed by atoms with Gasteiger partial charge in [0.05, 0.1) is 5.69 Å². The van der Waals surface area contributed by atoms with Gasteiger partial charge in [0, 0.05) is 16.3 Å². The molecule has 1 heterocycles. The first-order valence-corrected chi connectivity index (χ1v) is 7.69. The number of thiazole rings is 1. The van der Waals surface area contributed by atoms with Gasteiger partial charge in [-0.1, -0.05) is 30.3 Å². The van der Waals surface area contributed by atoms with Crippen LogP contribution in [-0.4, -0.2) is 12.0 Å². The third kappa shape index (κ3) is 2.11. The van der Waals surface area contributed by atoms with Crippen LogP contribution in [0.1, 0.15) is 46.9 Å². The fourth-order valence-corrected chi connectivity index (χ4v) is 4.05. The highest BCUT2D eigenvalue weighted by molar-refractivity contribution is 7.12. The zero-order chi connectivity index (χ0) is 13.5. The standard InChI is InChI=1S/C16H20N2S/c1-11(17-3)14-12(2)18-15(19-14)16(9-10-16)13-7-5-4-6-8-13/h4-8,11,17H,9-10H2,1-3H3. The number of nitrogens with one attached hydrogen (secondary N) is 1. The molecule has 1 unspecified atom stereocenters. The van der Waals surface area contributed by atoms with Crippen molar-refractivity contribution in [3.8, 4) is 0 Å². The highest BCUT2D eigenvalue weighted by Gasteiger charge is 2.48. The smallest absolute Gasteiger partial charge is 0.104 e. The summed E-state index contributed by atoms with van der Waals surface area (Å²) in [4.78, 5) is 6.24. The summed E-state index contributed by atoms with van der Waals surface area (Å²) in [5.41, 5.74) is 2.82. The second kappa shape index (κ2) is 4.73. The van der Waals surface area contributed by atoms with Crippen molar-refractivity contribution in [3.05, 3.63) is 51.5 Å². The minimum atomic E-state index is 0.211. The molecular formula is C16H20N2S. The van der Waals surface area contributed by atoms with Crippen molar-refractivity contribution in [2.24, 2.45) is 0 Å². The van der Waals surface area contributed by atoms with E-state index in [2.05, 4.69) is 49.5 Å². The molecule has 0 aliphatic heterocycles. The van der Waals surface area contributed by atoms with Crippen molar-refractivity contribution in [3.63, 3.8) is 0 Å². The number of nitrogens with zero attached hydrogens (tertiary/aromatic N) is 1. The lowest BCUT2D eigenvalue weighted by atomic mass is 9.97. The quantitative estimate of drug-likeness (QED) is 0.915. The first-order chi connectivity index (χ1) is 9.17. The van der Waals surface area contributed by atoms with E-state index in [1.165, 1.54) is 34.0 Å². The normalized spacial score (nSPS) is 18.3. The maximum absolute atomic E-state index is 4.87. The number of rotatable bonds is 4. The van der Waals surface area contributed by atoms with Crippen LogP contribution in [0.4, 0.5) is 0 Å². The van der Waals surface area contributed by atoms with E-state index in [1.807, 2.05) is 18.4 Å². The molecule has 100 valence electrons. The second-order valence-corrected chi connectivity index (χ2v) is 6.46. The van der Waals surface area contributed by atoms with Crippen LogP contribution in [0.3, 0.4) is 0 Å². The van der Waals surface area contributed by atoms with E-state index >= 15 is 0 Å². The van der Waals surface area contributed by atoms with E-state index in [-0.39, 0.29) is 5.41 Å². The lowest BCUT2D eigenvalue weighted by Crippen LogP contribution is -2.11. The van der Waals surface area contributed by atoms with Crippen LogP contribution < -0.4 is 5.32 Å². The van der Waals surface area contributed by atoms with Crippen LogP contribution in [-0.2, 0) is 5.41 Å². The first kappa shape index (κ1) is 12.8. The molecule has 0 saturated heterocycles. The Hall–Kier alpha value is -1.19. The molecule has 0 radical (unpaired) electrons. The predicted molar refractivity (Wildman–Crippen MR) is 80.8 cm³/mol. The van der Waals surface area contributed by atoms with E-state index in [0.717, 1.165) is 0 Å².